The molecule has 0 spiro atoms. The summed E-state index contributed by atoms with van der Waals surface area (Å²) in [5.41, 5.74) is 2.31. The minimum Gasteiger partial charge on any atom is -0.374 e. The lowest BCUT2D eigenvalue weighted by molar-refractivity contribution is -0.0828. The highest BCUT2D eigenvalue weighted by Gasteiger charge is 2.35. The van der Waals surface area contributed by atoms with Crippen molar-refractivity contribution in [3.63, 3.8) is 0 Å². The summed E-state index contributed by atoms with van der Waals surface area (Å²) in [6.45, 7) is 9.17. The van der Waals surface area contributed by atoms with E-state index in [1.54, 1.807) is 0 Å². The molecule has 1 aromatic heterocycles. The molecule has 106 valence electrons. The monoisotopic (exact) mass is 263 g/mol. The molecule has 2 rings (SSSR count). The molecule has 0 bridgehead atoms. The Kier molecular flexibility index (Phi) is 4.91. The lowest BCUT2D eigenvalue weighted by atomic mass is 10.0. The van der Waals surface area contributed by atoms with Crippen LogP contribution in [-0.4, -0.2) is 48.8 Å². The van der Waals surface area contributed by atoms with E-state index in [2.05, 4.69) is 48.1 Å². The average Bonchev–Trinajstić information content (AvgIpc) is 2.40. The van der Waals surface area contributed by atoms with Crippen molar-refractivity contribution in [2.75, 3.05) is 26.7 Å². The lowest BCUT2D eigenvalue weighted by Crippen LogP contribution is -2.51. The van der Waals surface area contributed by atoms with Crippen molar-refractivity contribution < 1.29 is 4.74 Å². The summed E-state index contributed by atoms with van der Waals surface area (Å²) in [6.07, 6.45) is 2.11. The summed E-state index contributed by atoms with van der Waals surface area (Å²) in [6, 6.07) is 5.00. The quantitative estimate of drug-likeness (QED) is 0.898. The van der Waals surface area contributed by atoms with Gasteiger partial charge in [0.2, 0.25) is 0 Å². The number of nitrogens with zero attached hydrogens (tertiary/aromatic N) is 2. The number of aryl methyl sites for hydroxylation is 1. The van der Waals surface area contributed by atoms with Gasteiger partial charge in [-0.15, -0.1) is 0 Å². The van der Waals surface area contributed by atoms with E-state index in [1.807, 2.05) is 13.2 Å². The highest BCUT2D eigenvalue weighted by atomic mass is 16.5. The number of pyridine rings is 1. The van der Waals surface area contributed by atoms with Crippen molar-refractivity contribution in [1.82, 2.24) is 15.2 Å². The minimum atomic E-state index is 0.163. The van der Waals surface area contributed by atoms with Crippen LogP contribution in [0.2, 0.25) is 0 Å². The Morgan fingerprint density at radius 2 is 2.26 bits per heavy atom. The second-order valence-electron chi connectivity index (χ2n) is 5.50. The fourth-order valence-electron chi connectivity index (χ4n) is 2.72. The van der Waals surface area contributed by atoms with E-state index in [0.29, 0.717) is 6.04 Å². The largest absolute Gasteiger partial charge is 0.374 e. The van der Waals surface area contributed by atoms with E-state index in [0.717, 1.165) is 25.4 Å². The molecule has 2 heterocycles. The molecule has 0 saturated carbocycles. The number of aromatic nitrogens is 1. The third-order valence-electron chi connectivity index (χ3n) is 3.70. The Labute approximate surface area is 116 Å². The van der Waals surface area contributed by atoms with Gasteiger partial charge in [-0.3, -0.25) is 9.88 Å². The summed E-state index contributed by atoms with van der Waals surface area (Å²) in [7, 11) is 1.97. The Morgan fingerprint density at radius 3 is 2.84 bits per heavy atom. The van der Waals surface area contributed by atoms with Crippen LogP contribution < -0.4 is 5.32 Å². The van der Waals surface area contributed by atoms with Gasteiger partial charge in [-0.1, -0.05) is 6.07 Å². The second kappa shape index (κ2) is 6.46. The third kappa shape index (κ3) is 3.32. The predicted octanol–water partition coefficient (Wildman–Crippen LogP) is 1.76. The molecular formula is C15H25N3O. The van der Waals surface area contributed by atoms with Gasteiger partial charge in [-0.05, 0) is 39.4 Å². The first-order valence-electron chi connectivity index (χ1n) is 7.08. The van der Waals surface area contributed by atoms with Crippen molar-refractivity contribution in [2.45, 2.75) is 39.0 Å². The van der Waals surface area contributed by atoms with E-state index in [4.69, 9.17) is 4.74 Å². The molecule has 4 heteroatoms. The maximum absolute atomic E-state index is 5.95. The van der Waals surface area contributed by atoms with Crippen molar-refractivity contribution in [3.8, 4) is 0 Å². The third-order valence-corrected chi connectivity index (χ3v) is 3.70. The maximum Gasteiger partial charge on any atom is 0.0911 e. The smallest absolute Gasteiger partial charge is 0.0911 e. The number of ether oxygens (including phenoxy) is 1. The number of likely N-dealkylation sites (N-methyl/N-ethyl adjacent to an activating group) is 1. The highest BCUT2D eigenvalue weighted by molar-refractivity contribution is 5.17. The van der Waals surface area contributed by atoms with Gasteiger partial charge in [0.1, 0.15) is 0 Å². The van der Waals surface area contributed by atoms with Gasteiger partial charge in [0.15, 0.2) is 0 Å². The highest BCUT2D eigenvalue weighted by Crippen LogP contribution is 2.29. The zero-order chi connectivity index (χ0) is 13.8. The summed E-state index contributed by atoms with van der Waals surface area (Å²) >= 11 is 0. The predicted molar refractivity (Wildman–Crippen MR) is 77.2 cm³/mol. The SMILES string of the molecule is CNCC1OCCN(C(C)C)C1c1ccc(C)cn1. The number of morpholine rings is 1. The van der Waals surface area contributed by atoms with E-state index >= 15 is 0 Å². The Bertz CT molecular complexity index is 389. The van der Waals surface area contributed by atoms with Crippen LogP contribution in [0, 0.1) is 6.92 Å². The molecule has 1 saturated heterocycles. The normalized spacial score (nSPS) is 24.9. The van der Waals surface area contributed by atoms with E-state index in [9.17, 15) is 0 Å². The van der Waals surface area contributed by atoms with Crippen molar-refractivity contribution >= 4 is 0 Å². The summed E-state index contributed by atoms with van der Waals surface area (Å²) in [5.74, 6) is 0. The summed E-state index contributed by atoms with van der Waals surface area (Å²) < 4.78 is 5.95. The molecule has 0 aromatic carbocycles. The molecule has 0 amide bonds. The van der Waals surface area contributed by atoms with Crippen molar-refractivity contribution in [1.29, 1.82) is 0 Å². The van der Waals surface area contributed by atoms with E-state index < -0.39 is 0 Å². The molecular weight excluding hydrogens is 238 g/mol. The Balaban J connectivity index is 2.28. The zero-order valence-corrected chi connectivity index (χ0v) is 12.4. The van der Waals surface area contributed by atoms with Crippen LogP contribution >= 0.6 is 0 Å². The van der Waals surface area contributed by atoms with Crippen LogP contribution in [0.3, 0.4) is 0 Å². The first kappa shape index (κ1) is 14.4. The van der Waals surface area contributed by atoms with Crippen LogP contribution in [-0.2, 0) is 4.74 Å². The van der Waals surface area contributed by atoms with Gasteiger partial charge in [0.05, 0.1) is 24.4 Å². The summed E-state index contributed by atoms with van der Waals surface area (Å²) in [4.78, 5) is 7.11. The van der Waals surface area contributed by atoms with Gasteiger partial charge in [-0.25, -0.2) is 0 Å². The number of hydrogen-bond acceptors (Lipinski definition) is 4. The van der Waals surface area contributed by atoms with E-state index in [-0.39, 0.29) is 12.1 Å². The molecule has 1 aliphatic rings. The fourth-order valence-corrected chi connectivity index (χ4v) is 2.72. The number of hydrogen-bond donors (Lipinski definition) is 1. The molecule has 1 aliphatic heterocycles. The first-order valence-corrected chi connectivity index (χ1v) is 7.08. The average molecular weight is 263 g/mol. The molecule has 4 nitrogen and oxygen atoms in total. The Hall–Kier alpha value is -0.970. The maximum atomic E-state index is 5.95. The standard InChI is InChI=1S/C15H25N3O/c1-11(2)18-7-8-19-14(10-16-4)15(18)13-6-5-12(3)9-17-13/h5-6,9,11,14-16H,7-8,10H2,1-4H3. The zero-order valence-electron chi connectivity index (χ0n) is 12.4. The van der Waals surface area contributed by atoms with Crippen LogP contribution in [0.25, 0.3) is 0 Å². The number of rotatable bonds is 4. The molecule has 0 radical (unpaired) electrons. The van der Waals surface area contributed by atoms with Gasteiger partial charge >= 0.3 is 0 Å². The van der Waals surface area contributed by atoms with Gasteiger partial charge in [0, 0.05) is 25.3 Å². The van der Waals surface area contributed by atoms with Crippen molar-refractivity contribution in [2.24, 2.45) is 0 Å². The molecule has 0 aliphatic carbocycles. The minimum absolute atomic E-state index is 0.163. The van der Waals surface area contributed by atoms with Crippen LogP contribution in [0.5, 0.6) is 0 Å². The van der Waals surface area contributed by atoms with Gasteiger partial charge in [-0.2, -0.15) is 0 Å². The second-order valence-corrected chi connectivity index (χ2v) is 5.50. The molecule has 1 N–H and O–H groups in total. The lowest BCUT2D eigenvalue weighted by Gasteiger charge is -2.43. The Morgan fingerprint density at radius 1 is 1.47 bits per heavy atom. The number of nitrogens with one attached hydrogen (secondary N) is 1. The van der Waals surface area contributed by atoms with Crippen LogP contribution in [0.4, 0.5) is 0 Å². The van der Waals surface area contributed by atoms with Crippen molar-refractivity contribution in [3.05, 3.63) is 29.6 Å². The van der Waals surface area contributed by atoms with E-state index in [1.165, 1.54) is 5.56 Å². The molecule has 2 unspecified atom stereocenters. The molecule has 1 fully saturated rings. The van der Waals surface area contributed by atoms with Gasteiger partial charge in [0.25, 0.3) is 0 Å². The first-order chi connectivity index (χ1) is 9.13. The van der Waals surface area contributed by atoms with Crippen LogP contribution in [0.1, 0.15) is 31.1 Å². The molecule has 19 heavy (non-hydrogen) atoms. The summed E-state index contributed by atoms with van der Waals surface area (Å²) in [5, 5.41) is 3.23. The fraction of sp³-hybridized carbons (Fsp3) is 0.667. The molecule has 2 atom stereocenters. The van der Waals surface area contributed by atoms with Gasteiger partial charge < -0.3 is 10.1 Å². The van der Waals surface area contributed by atoms with Crippen LogP contribution in [0.15, 0.2) is 18.3 Å². The molecule has 1 aromatic rings. The topological polar surface area (TPSA) is 37.4 Å².